The number of hydrogen-bond donors (Lipinski definition) is 5. The van der Waals surface area contributed by atoms with Crippen molar-refractivity contribution in [3.05, 3.63) is 43.7 Å². The van der Waals surface area contributed by atoms with Crippen LogP contribution in [0.4, 0.5) is 11.4 Å². The van der Waals surface area contributed by atoms with Crippen LogP contribution in [0.15, 0.2) is 0 Å². The van der Waals surface area contributed by atoms with E-state index in [1.807, 2.05) is 136 Å². The molecule has 2 rings (SSSR count). The van der Waals surface area contributed by atoms with E-state index >= 15 is 0 Å². The Labute approximate surface area is 311 Å². The second kappa shape index (κ2) is 15.3. The fraction of sp³-hybridized carbons (Fsp3) is 0.261. The van der Waals surface area contributed by atoms with Gasteiger partial charge in [0.05, 0.1) is 42.3 Å². The van der Waals surface area contributed by atoms with Crippen LogP contribution in [0, 0.1) is 21.4 Å². The van der Waals surface area contributed by atoms with E-state index in [2.05, 4.69) is 10.6 Å². The van der Waals surface area contributed by atoms with Gasteiger partial charge in [0.1, 0.15) is 0 Å². The maximum atomic E-state index is 13.6. The van der Waals surface area contributed by atoms with Crippen LogP contribution >= 0.6 is 136 Å². The molecule has 0 fully saturated rings. The number of nitrogens with two attached hydrogens (primary N) is 1. The first-order valence-electron chi connectivity index (χ1n) is 10.8. The molecule has 40 heavy (non-hydrogen) atoms. The largest absolute Gasteiger partial charge is 0.478 e. The third-order valence-corrected chi connectivity index (χ3v) is 12.2. The first-order valence-corrected chi connectivity index (χ1v) is 17.3. The Morgan fingerprint density at radius 1 is 0.875 bits per heavy atom. The van der Waals surface area contributed by atoms with E-state index < -0.39 is 42.6 Å². The van der Waals surface area contributed by atoms with Crippen LogP contribution in [-0.4, -0.2) is 59.8 Å². The summed E-state index contributed by atoms with van der Waals surface area (Å²) in [7, 11) is 2.98. The van der Waals surface area contributed by atoms with Crippen molar-refractivity contribution in [2.75, 3.05) is 24.3 Å². The first-order chi connectivity index (χ1) is 18.5. The minimum absolute atomic E-state index is 0.0619. The fourth-order valence-corrected chi connectivity index (χ4v) is 12.6. The van der Waals surface area contributed by atoms with Crippen molar-refractivity contribution < 1.29 is 34.2 Å². The molecule has 3 amide bonds. The lowest BCUT2D eigenvalue weighted by molar-refractivity contribution is -0.117. The van der Waals surface area contributed by atoms with E-state index in [1.54, 1.807) is 0 Å². The van der Waals surface area contributed by atoms with Gasteiger partial charge in [0, 0.05) is 52.8 Å². The van der Waals surface area contributed by atoms with Gasteiger partial charge in [0.25, 0.3) is 5.91 Å². The molecule has 0 spiro atoms. The van der Waals surface area contributed by atoms with Crippen molar-refractivity contribution in [1.29, 1.82) is 0 Å². The number of benzene rings is 2. The number of halogens is 6. The molecule has 2 aromatic carbocycles. The molecule has 0 aliphatic carbocycles. The number of amides is 3. The number of carbonyl (C=O) groups is 5. The number of hydrogen-bond acceptors (Lipinski definition) is 7. The highest BCUT2D eigenvalue weighted by atomic mass is 127. The van der Waals surface area contributed by atoms with Gasteiger partial charge < -0.3 is 31.5 Å². The van der Waals surface area contributed by atoms with Crippen LogP contribution in [0.25, 0.3) is 0 Å². The summed E-state index contributed by atoms with van der Waals surface area (Å²) in [6, 6.07) is -1.33. The molecule has 6 N–H and O–H groups in total. The molecule has 216 valence electrons. The molecule has 1 atom stereocenters. The summed E-state index contributed by atoms with van der Waals surface area (Å²) in [5, 5.41) is 24.7. The summed E-state index contributed by atoms with van der Waals surface area (Å²) in [5.74, 6) is -3.25. The van der Waals surface area contributed by atoms with Gasteiger partial charge in [-0.1, -0.05) is 0 Å². The van der Waals surface area contributed by atoms with Crippen molar-refractivity contribution in [1.82, 2.24) is 5.32 Å². The number of rotatable bonds is 9. The smallest absolute Gasteiger partial charge is 0.337 e. The number of carboxylic acid groups (broad SMARTS) is 1. The highest BCUT2D eigenvalue weighted by Crippen LogP contribution is 2.39. The van der Waals surface area contributed by atoms with E-state index in [9.17, 15) is 34.2 Å². The van der Waals surface area contributed by atoms with E-state index in [0.717, 1.165) is 0 Å². The van der Waals surface area contributed by atoms with Gasteiger partial charge in [0.2, 0.25) is 11.8 Å². The Morgan fingerprint density at radius 3 is 1.90 bits per heavy atom. The maximum Gasteiger partial charge on any atom is 0.337 e. The third kappa shape index (κ3) is 7.49. The van der Waals surface area contributed by atoms with E-state index in [-0.39, 0.29) is 31.9 Å². The molecule has 0 aromatic heterocycles. The molecule has 0 heterocycles. The van der Waals surface area contributed by atoms with Crippen molar-refractivity contribution in [2.24, 2.45) is 5.73 Å². The Balaban J connectivity index is 2.55. The van der Waals surface area contributed by atoms with Gasteiger partial charge in [-0.15, -0.1) is 0 Å². The van der Waals surface area contributed by atoms with E-state index in [4.69, 9.17) is 5.73 Å². The SMILES string of the molecule is CNC(=O)c1c(I)c(C(=O)C(N)CC(=O)Nc2c(I)c(CO)c(I)c(C(=O)O)c2I)c(I)c(N(C)C(C)=O)c1I. The van der Waals surface area contributed by atoms with E-state index in [1.165, 1.54) is 25.9 Å². The number of nitrogens with one attached hydrogen (secondary N) is 2. The Hall–Kier alpha value is 0.290. The number of ketones is 1. The first kappa shape index (κ1) is 36.5. The van der Waals surface area contributed by atoms with Crippen molar-refractivity contribution >= 4 is 176 Å². The van der Waals surface area contributed by atoms with Gasteiger partial charge in [0.15, 0.2) is 5.78 Å². The van der Waals surface area contributed by atoms with Crippen molar-refractivity contribution in [2.45, 2.75) is 26.0 Å². The highest BCUT2D eigenvalue weighted by molar-refractivity contribution is 14.1. The van der Waals surface area contributed by atoms with Gasteiger partial charge in [-0.05, 0) is 136 Å². The van der Waals surface area contributed by atoms with Gasteiger partial charge in [-0.3, -0.25) is 19.2 Å². The molecular formula is C23H20I6N4O7. The van der Waals surface area contributed by atoms with Crippen LogP contribution in [0.1, 0.15) is 50.0 Å². The topological polar surface area (TPSA) is 179 Å². The van der Waals surface area contributed by atoms with Crippen LogP contribution in [0.2, 0.25) is 0 Å². The number of aliphatic hydroxyl groups is 1. The second-order valence-corrected chi connectivity index (χ2v) is 14.5. The fourth-order valence-electron chi connectivity index (χ4n) is 3.46. The Morgan fingerprint density at radius 2 is 1.43 bits per heavy atom. The molecule has 0 aliphatic rings. The zero-order valence-corrected chi connectivity index (χ0v) is 33.7. The van der Waals surface area contributed by atoms with Gasteiger partial charge >= 0.3 is 5.97 Å². The second-order valence-electron chi connectivity index (χ2n) is 8.05. The van der Waals surface area contributed by atoms with Gasteiger partial charge in [-0.25, -0.2) is 4.79 Å². The summed E-state index contributed by atoms with van der Waals surface area (Å²) >= 11 is 11.3. The molecule has 0 bridgehead atoms. The lowest BCUT2D eigenvalue weighted by Gasteiger charge is -2.25. The standard InChI is InChI=1S/C23H20I6N4O7/c1-6(35)33(3)20-17(28)10(15(26)11(18(20)29)22(38)31-2)21(37)8(30)4-9(36)32-19-14(25)7(5-34)13(24)12(16(19)27)23(39)40/h8,34H,4-5,30H2,1-3H3,(H,31,38)(H,32,36)(H,39,40). The summed E-state index contributed by atoms with van der Waals surface area (Å²) in [5.41, 5.74) is 7.38. The molecular weight excluding hydrogens is 1210 g/mol. The molecule has 1 unspecified atom stereocenters. The van der Waals surface area contributed by atoms with E-state index in [0.29, 0.717) is 29.1 Å². The summed E-state index contributed by atoms with van der Waals surface area (Å²) in [6.07, 6.45) is -0.459. The normalized spacial score (nSPS) is 11.6. The Kier molecular flexibility index (Phi) is 14.0. The molecule has 0 saturated carbocycles. The van der Waals surface area contributed by atoms with Crippen LogP contribution in [0.5, 0.6) is 0 Å². The summed E-state index contributed by atoms with van der Waals surface area (Å²) in [4.78, 5) is 64.9. The molecule has 17 heteroatoms. The zero-order valence-electron chi connectivity index (χ0n) is 20.7. The lowest BCUT2D eigenvalue weighted by Crippen LogP contribution is -2.37. The Bertz CT molecular complexity index is 1450. The van der Waals surface area contributed by atoms with Crippen molar-refractivity contribution in [3.63, 3.8) is 0 Å². The highest BCUT2D eigenvalue weighted by Gasteiger charge is 2.33. The van der Waals surface area contributed by atoms with Crippen LogP contribution < -0.4 is 21.3 Å². The maximum absolute atomic E-state index is 13.6. The quantitative estimate of drug-likeness (QED) is 0.182. The average Bonchev–Trinajstić information content (AvgIpc) is 2.86. The van der Waals surface area contributed by atoms with Crippen LogP contribution in [-0.2, 0) is 16.2 Å². The lowest BCUT2D eigenvalue weighted by atomic mass is 9.98. The number of aromatic carboxylic acids is 1. The number of carbonyl (C=O) groups excluding carboxylic acids is 4. The average molecular weight is 1230 g/mol. The van der Waals surface area contributed by atoms with Crippen LogP contribution in [0.3, 0.4) is 0 Å². The van der Waals surface area contributed by atoms with Crippen molar-refractivity contribution in [3.8, 4) is 0 Å². The molecule has 2 aromatic rings. The number of carboxylic acids is 1. The third-order valence-electron chi connectivity index (χ3n) is 5.59. The minimum atomic E-state index is -1.33. The molecule has 0 aliphatic heterocycles. The molecule has 0 saturated heterocycles. The number of aliphatic hydroxyl groups excluding tert-OH is 1. The number of Topliss-reactive ketones (excluding diaryl/α,β-unsaturated/α-hetero) is 1. The number of nitrogens with zero attached hydrogens (tertiary/aromatic N) is 1. The zero-order chi connectivity index (χ0) is 30.8. The predicted molar refractivity (Wildman–Crippen MR) is 200 cm³/mol. The molecule has 0 radical (unpaired) electrons. The predicted octanol–water partition coefficient (Wildman–Crippen LogP) is 4.39. The molecule has 11 nitrogen and oxygen atoms in total. The summed E-state index contributed by atoms with van der Waals surface area (Å²) < 4.78 is 2.28. The van der Waals surface area contributed by atoms with Gasteiger partial charge in [-0.2, -0.15) is 0 Å². The number of anilines is 2. The summed E-state index contributed by atoms with van der Waals surface area (Å²) in [6.45, 7) is 0.912. The minimum Gasteiger partial charge on any atom is -0.478 e. The monoisotopic (exact) mass is 1230 g/mol.